The molecule has 2 N–H and O–H groups in total. The van der Waals surface area contributed by atoms with E-state index in [4.69, 9.17) is 13.9 Å². The van der Waals surface area contributed by atoms with E-state index < -0.39 is 12.2 Å². The molecule has 0 saturated carbocycles. The summed E-state index contributed by atoms with van der Waals surface area (Å²) in [6, 6.07) is 12.9. The van der Waals surface area contributed by atoms with Gasteiger partial charge in [0.15, 0.2) is 16.8 Å². The fraction of sp³-hybridized carbons (Fsp3) is 0.261. The molecule has 0 radical (unpaired) electrons. The molecule has 0 spiro atoms. The zero-order valence-corrected chi connectivity index (χ0v) is 17.7. The van der Waals surface area contributed by atoms with Gasteiger partial charge in [0.2, 0.25) is 5.75 Å². The second-order valence-corrected chi connectivity index (χ2v) is 7.49. The van der Waals surface area contributed by atoms with E-state index in [1.165, 1.54) is 18.2 Å². The van der Waals surface area contributed by atoms with Crippen molar-refractivity contribution in [1.29, 1.82) is 0 Å². The first-order valence-corrected chi connectivity index (χ1v) is 9.87. The van der Waals surface area contributed by atoms with E-state index in [9.17, 15) is 14.4 Å². The van der Waals surface area contributed by atoms with E-state index in [0.29, 0.717) is 5.56 Å². The molecule has 0 aliphatic rings. The smallest absolute Gasteiger partial charge is 0.413 e. The number of rotatable bonds is 5. The number of hydrogen-bond donors (Lipinski definition) is 2. The molecule has 0 fully saturated rings. The normalized spacial score (nSPS) is 10.9. The predicted octanol–water partition coefficient (Wildman–Crippen LogP) is 4.45. The van der Waals surface area contributed by atoms with Gasteiger partial charge in [0.25, 0.3) is 0 Å². The lowest BCUT2D eigenvalue weighted by Gasteiger charge is -2.15. The summed E-state index contributed by atoms with van der Waals surface area (Å²) in [5.74, 6) is 0.0679. The number of carbonyl (C=O) groups excluding carboxylic acids is 2. The van der Waals surface area contributed by atoms with Gasteiger partial charge in [-0.3, -0.25) is 4.79 Å². The van der Waals surface area contributed by atoms with Crippen molar-refractivity contribution in [2.24, 2.45) is 0 Å². The van der Waals surface area contributed by atoms with Crippen LogP contribution in [0.4, 0.5) is 9.59 Å². The predicted molar refractivity (Wildman–Crippen MR) is 117 cm³/mol. The van der Waals surface area contributed by atoms with Crippen LogP contribution < -0.4 is 25.5 Å². The first kappa shape index (κ1) is 21.9. The average Bonchev–Trinajstić information content (AvgIpc) is 2.69. The molecule has 2 aromatic carbocycles. The molecule has 31 heavy (non-hydrogen) atoms. The Labute approximate surface area is 179 Å². The van der Waals surface area contributed by atoms with Crippen LogP contribution in [-0.4, -0.2) is 24.3 Å². The van der Waals surface area contributed by atoms with Gasteiger partial charge in [-0.1, -0.05) is 30.3 Å². The molecule has 0 atom stereocenters. The summed E-state index contributed by atoms with van der Waals surface area (Å²) in [5.41, 5.74) is 0.343. The molecule has 162 valence electrons. The minimum absolute atomic E-state index is 0.0000983. The monoisotopic (exact) mass is 424 g/mol. The standard InChI is InChI=1S/C23H24N2O6/c1-13(2)24-22(27)30-18-11-10-16-17(26)12-19(15-8-6-5-7-9-15)29-20(16)21(18)31-23(28)25-14(3)4/h5-14H,1-4H3,(H,24,27)(H,25,28). The fourth-order valence-corrected chi connectivity index (χ4v) is 2.82. The summed E-state index contributed by atoms with van der Waals surface area (Å²) in [7, 11) is 0. The summed E-state index contributed by atoms with van der Waals surface area (Å²) < 4.78 is 16.7. The minimum atomic E-state index is -0.774. The zero-order valence-electron chi connectivity index (χ0n) is 17.7. The second kappa shape index (κ2) is 9.34. The molecule has 0 aliphatic carbocycles. The third kappa shape index (κ3) is 5.42. The maximum atomic E-state index is 12.7. The Bertz CT molecular complexity index is 1150. The molecule has 3 rings (SSSR count). The van der Waals surface area contributed by atoms with Gasteiger partial charge in [-0.25, -0.2) is 9.59 Å². The summed E-state index contributed by atoms with van der Waals surface area (Å²) in [6.45, 7) is 7.09. The van der Waals surface area contributed by atoms with Gasteiger partial charge >= 0.3 is 12.2 Å². The molecule has 1 heterocycles. The molecule has 8 heteroatoms. The Balaban J connectivity index is 2.15. The van der Waals surface area contributed by atoms with Crippen molar-refractivity contribution in [3.63, 3.8) is 0 Å². The SMILES string of the molecule is CC(C)NC(=O)Oc1ccc2c(=O)cc(-c3ccccc3)oc2c1OC(=O)NC(C)C. The minimum Gasteiger partial charge on any atom is -0.452 e. The van der Waals surface area contributed by atoms with Crippen molar-refractivity contribution in [3.05, 3.63) is 58.8 Å². The Hall–Kier alpha value is -3.81. The van der Waals surface area contributed by atoms with Crippen molar-refractivity contribution in [1.82, 2.24) is 10.6 Å². The van der Waals surface area contributed by atoms with Gasteiger partial charge in [-0.2, -0.15) is 0 Å². The topological polar surface area (TPSA) is 107 Å². The van der Waals surface area contributed by atoms with Gasteiger partial charge < -0.3 is 24.5 Å². The van der Waals surface area contributed by atoms with E-state index in [1.54, 1.807) is 39.8 Å². The van der Waals surface area contributed by atoms with Crippen molar-refractivity contribution < 1.29 is 23.5 Å². The van der Waals surface area contributed by atoms with Gasteiger partial charge in [0.1, 0.15) is 5.76 Å². The fourth-order valence-electron chi connectivity index (χ4n) is 2.82. The highest BCUT2D eigenvalue weighted by Crippen LogP contribution is 2.37. The van der Waals surface area contributed by atoms with Crippen molar-refractivity contribution in [2.45, 2.75) is 39.8 Å². The average molecular weight is 424 g/mol. The maximum absolute atomic E-state index is 12.7. The van der Waals surface area contributed by atoms with Gasteiger partial charge in [0, 0.05) is 23.7 Å². The highest BCUT2D eigenvalue weighted by atomic mass is 16.6. The van der Waals surface area contributed by atoms with Crippen molar-refractivity contribution in [2.75, 3.05) is 0 Å². The summed E-state index contributed by atoms with van der Waals surface area (Å²) >= 11 is 0. The van der Waals surface area contributed by atoms with Crippen LogP contribution in [0.1, 0.15) is 27.7 Å². The van der Waals surface area contributed by atoms with Crippen LogP contribution in [-0.2, 0) is 0 Å². The van der Waals surface area contributed by atoms with Crippen molar-refractivity contribution >= 4 is 23.2 Å². The number of amides is 2. The summed E-state index contributed by atoms with van der Waals surface area (Å²) in [5, 5.41) is 5.37. The molecule has 3 aromatic rings. The third-order valence-electron chi connectivity index (χ3n) is 4.08. The highest BCUT2D eigenvalue weighted by molar-refractivity contribution is 5.90. The lowest BCUT2D eigenvalue weighted by atomic mass is 10.1. The molecule has 0 bridgehead atoms. The number of fused-ring (bicyclic) bond motifs is 1. The highest BCUT2D eigenvalue weighted by Gasteiger charge is 2.22. The Kier molecular flexibility index (Phi) is 6.59. The van der Waals surface area contributed by atoms with E-state index in [0.717, 1.165) is 0 Å². The van der Waals surface area contributed by atoms with E-state index >= 15 is 0 Å². The van der Waals surface area contributed by atoms with Crippen molar-refractivity contribution in [3.8, 4) is 22.8 Å². The van der Waals surface area contributed by atoms with Gasteiger partial charge in [-0.05, 0) is 39.8 Å². The first-order valence-electron chi connectivity index (χ1n) is 9.87. The van der Waals surface area contributed by atoms with E-state index in [2.05, 4.69) is 10.6 Å². The second-order valence-electron chi connectivity index (χ2n) is 7.49. The molecule has 0 aliphatic heterocycles. The Morgan fingerprint density at radius 3 is 2.10 bits per heavy atom. The largest absolute Gasteiger partial charge is 0.452 e. The lowest BCUT2D eigenvalue weighted by molar-refractivity contribution is 0.187. The summed E-state index contributed by atoms with van der Waals surface area (Å²) in [4.78, 5) is 37.2. The Morgan fingerprint density at radius 1 is 0.871 bits per heavy atom. The van der Waals surface area contributed by atoms with Crippen LogP contribution in [0.25, 0.3) is 22.3 Å². The molecule has 0 saturated heterocycles. The van der Waals surface area contributed by atoms with Gasteiger partial charge in [0.05, 0.1) is 5.39 Å². The van der Waals surface area contributed by atoms with Crippen LogP contribution >= 0.6 is 0 Å². The number of benzene rings is 2. The van der Waals surface area contributed by atoms with Crippen LogP contribution in [0.2, 0.25) is 0 Å². The van der Waals surface area contributed by atoms with Crippen LogP contribution in [0.15, 0.2) is 57.7 Å². The van der Waals surface area contributed by atoms with Gasteiger partial charge in [-0.15, -0.1) is 0 Å². The molecular weight excluding hydrogens is 400 g/mol. The quantitative estimate of drug-likeness (QED) is 0.627. The molecular formula is C23H24N2O6. The van der Waals surface area contributed by atoms with Crippen LogP contribution in [0, 0.1) is 0 Å². The third-order valence-corrected chi connectivity index (χ3v) is 4.08. The van der Waals surface area contributed by atoms with Crippen LogP contribution in [0.3, 0.4) is 0 Å². The molecule has 1 aromatic heterocycles. The zero-order chi connectivity index (χ0) is 22.5. The number of ether oxygens (including phenoxy) is 2. The maximum Gasteiger partial charge on any atom is 0.413 e. The van der Waals surface area contributed by atoms with Crippen LogP contribution in [0.5, 0.6) is 11.5 Å². The van der Waals surface area contributed by atoms with E-state index in [1.807, 2.05) is 18.2 Å². The number of hydrogen-bond acceptors (Lipinski definition) is 6. The number of carbonyl (C=O) groups is 2. The molecule has 0 unspecified atom stereocenters. The first-order chi connectivity index (χ1) is 14.7. The summed E-state index contributed by atoms with van der Waals surface area (Å²) in [6.07, 6.45) is -1.51. The number of nitrogens with one attached hydrogen (secondary N) is 2. The van der Waals surface area contributed by atoms with E-state index in [-0.39, 0.29) is 45.7 Å². The molecule has 2 amide bonds. The Morgan fingerprint density at radius 2 is 1.48 bits per heavy atom. The molecule has 8 nitrogen and oxygen atoms in total. The lowest BCUT2D eigenvalue weighted by Crippen LogP contribution is -2.34.